The van der Waals surface area contributed by atoms with Gasteiger partial charge >= 0.3 is 38.0 Å². The largest absolute Gasteiger partial charge is 0.588 e. The van der Waals surface area contributed by atoms with Crippen LogP contribution in [0.5, 0.6) is 11.5 Å². The van der Waals surface area contributed by atoms with Gasteiger partial charge in [0.15, 0.2) is 18.0 Å². The van der Waals surface area contributed by atoms with Crippen molar-refractivity contribution in [3.05, 3.63) is 96.6 Å². The molecule has 0 radical (unpaired) electrons. The number of hydrogen-bond acceptors (Lipinski definition) is 19. The third-order valence-corrected chi connectivity index (χ3v) is 21.6. The molecule has 28 heteroatoms. The second-order valence-electron chi connectivity index (χ2n) is 28.9. The van der Waals surface area contributed by atoms with Crippen molar-refractivity contribution >= 4 is 113 Å². The van der Waals surface area contributed by atoms with Crippen molar-refractivity contribution in [2.24, 2.45) is 0 Å². The highest BCUT2D eigenvalue weighted by Gasteiger charge is 2.55. The number of benzene rings is 3. The van der Waals surface area contributed by atoms with Crippen LogP contribution in [0, 0.1) is 0 Å². The fourth-order valence-electron chi connectivity index (χ4n) is 12.3. The highest BCUT2D eigenvalue weighted by atomic mass is 35.6. The first-order valence-electron chi connectivity index (χ1n) is 40.2. The van der Waals surface area contributed by atoms with Gasteiger partial charge in [-0.05, 0) is 82.2 Å². The van der Waals surface area contributed by atoms with Crippen molar-refractivity contribution in [2.75, 3.05) is 26.4 Å². The number of hydrogen-bond donors (Lipinski definition) is 2. The van der Waals surface area contributed by atoms with Gasteiger partial charge in [-0.25, -0.2) is 14.2 Å². The number of unbranched alkanes of at least 4 members (excludes halogenated alkanes) is 26. The summed E-state index contributed by atoms with van der Waals surface area (Å²) in [5.41, 5.74) is -1.04. The van der Waals surface area contributed by atoms with Gasteiger partial charge in [0.2, 0.25) is 13.5 Å². The fraction of sp³-hybridized carbons (Fsp3) is 0.707. The number of rotatable bonds is 60. The number of para-hydroxylation sites is 2. The number of phosphoric acid groups is 1. The molecule has 1 aliphatic heterocycles. The molecule has 4 rings (SSSR count). The first-order valence-corrected chi connectivity index (χ1v) is 43.9. The summed E-state index contributed by atoms with van der Waals surface area (Å²) in [5.74, 6) is -2.52. The predicted octanol–water partition coefficient (Wildman–Crippen LogP) is 22.7. The standard InChI is InChI=1S/C82H125Cl6N2O19P/c1-7-11-15-19-23-25-27-29-38-52-67(102-71(92)54-44-31-21-17-13-9-3)56-70(91)89-64(59-98-58-63-46-36-33-37-47-63)60-99-77-74(90-78(95)101-62-81(83,84)85)76(105-73(94)57-68(53-39-30-28-26-24-20-16-12-8-2)103-72(93)55-45-32-22-18-14-10-4)75(69(104-77)61-100-79(96)106-80(5,6)82(86,87)88)109-110(97,107-65-48-40-34-41-49-65)108-66-50-42-35-43-51-66/h33-37,40-43,46-51,64,67-69,74-77H,7-32,38-39,44-45,52-62H2,1-6H3,(H,89,91)(H,90,95)/t64-,67-,68-,69-,74+,75-,76-,77+/m1/s1. The van der Waals surface area contributed by atoms with Crippen molar-refractivity contribution in [3.8, 4) is 11.5 Å². The maximum Gasteiger partial charge on any atom is 0.588 e. The third-order valence-electron chi connectivity index (χ3n) is 18.5. The average Bonchev–Trinajstić information content (AvgIpc) is 0.773. The molecule has 3 aromatic rings. The Kier molecular flexibility index (Phi) is 50.4. The summed E-state index contributed by atoms with van der Waals surface area (Å²) in [6.07, 6.45) is 17.6. The van der Waals surface area contributed by atoms with Crippen LogP contribution in [-0.2, 0) is 77.5 Å². The molecular weight excluding hydrogens is 1560 g/mol. The van der Waals surface area contributed by atoms with Crippen LogP contribution in [0.15, 0.2) is 91.0 Å². The second kappa shape index (κ2) is 56.7. The van der Waals surface area contributed by atoms with Gasteiger partial charge < -0.3 is 62.3 Å². The van der Waals surface area contributed by atoms with E-state index in [9.17, 15) is 24.0 Å². The quantitative estimate of drug-likeness (QED) is 0.0175. The van der Waals surface area contributed by atoms with E-state index in [2.05, 4.69) is 38.3 Å². The smallest absolute Gasteiger partial charge is 0.462 e. The molecule has 1 saturated heterocycles. The molecule has 0 bridgehead atoms. The summed E-state index contributed by atoms with van der Waals surface area (Å²) in [4.78, 5) is 85.9. The van der Waals surface area contributed by atoms with E-state index in [1.807, 2.05) is 30.3 Å². The first kappa shape index (κ1) is 97.9. The van der Waals surface area contributed by atoms with Gasteiger partial charge in [0.1, 0.15) is 55.2 Å². The van der Waals surface area contributed by atoms with Crippen molar-refractivity contribution < 1.29 is 89.5 Å². The minimum atomic E-state index is -5.20. The molecule has 3 aromatic carbocycles. The van der Waals surface area contributed by atoms with Crippen LogP contribution >= 0.6 is 77.4 Å². The first-order chi connectivity index (χ1) is 52.7. The Morgan fingerprint density at radius 1 is 0.518 bits per heavy atom. The van der Waals surface area contributed by atoms with Crippen LogP contribution in [0.3, 0.4) is 0 Å². The third kappa shape index (κ3) is 44.4. The van der Waals surface area contributed by atoms with Crippen molar-refractivity contribution in [2.45, 2.75) is 341 Å². The van der Waals surface area contributed by atoms with Gasteiger partial charge in [-0.3, -0.25) is 23.7 Å². The number of ether oxygens (including phenoxy) is 9. The van der Waals surface area contributed by atoms with E-state index in [1.54, 1.807) is 36.4 Å². The van der Waals surface area contributed by atoms with Crippen LogP contribution in [0.1, 0.15) is 278 Å². The van der Waals surface area contributed by atoms with Gasteiger partial charge in [-0.2, -0.15) is 0 Å². The number of alkyl carbamates (subject to hydrolysis) is 1. The van der Waals surface area contributed by atoms with E-state index in [-0.39, 0.29) is 50.4 Å². The zero-order chi connectivity index (χ0) is 80.3. The molecule has 21 nitrogen and oxygen atoms in total. The SMILES string of the molecule is CCCCCCCCCCC[C@H](CC(=O)N[C@H](COCc1ccccc1)CO[C@H]1O[C@H](COC(=O)OC(C)(C)C(Cl)(Cl)Cl)[C@@H](OP(=O)(Oc2ccccc2)Oc2ccccc2)[C@H](OC(=O)C[C@@H](CCCCCCCCCCC)OC(=O)CCCCCCCC)[C@@H]1NC(=O)OCC(Cl)(Cl)Cl)OC(=O)CCCCCCCC. The lowest BCUT2D eigenvalue weighted by Crippen LogP contribution is -2.67. The topological polar surface area (TPSA) is 254 Å². The summed E-state index contributed by atoms with van der Waals surface area (Å²) in [7, 11) is -5.20. The maximum absolute atomic E-state index is 15.9. The van der Waals surface area contributed by atoms with Crippen molar-refractivity contribution in [1.82, 2.24) is 10.6 Å². The van der Waals surface area contributed by atoms with Crippen LogP contribution < -0.4 is 19.7 Å². The molecule has 0 spiro atoms. The van der Waals surface area contributed by atoms with E-state index < -0.39 is 132 Å². The lowest BCUT2D eigenvalue weighted by molar-refractivity contribution is -0.272. The Morgan fingerprint density at radius 3 is 1.41 bits per heavy atom. The number of phosphoric ester groups is 1. The monoisotopic (exact) mass is 1680 g/mol. The lowest BCUT2D eigenvalue weighted by atomic mass is 9.96. The lowest BCUT2D eigenvalue weighted by Gasteiger charge is -2.45. The van der Waals surface area contributed by atoms with Gasteiger partial charge in [-0.1, -0.05) is 331 Å². The van der Waals surface area contributed by atoms with Crippen LogP contribution in [0.4, 0.5) is 9.59 Å². The number of halogens is 6. The Morgan fingerprint density at radius 2 is 0.955 bits per heavy atom. The molecule has 2 amide bonds. The number of amides is 2. The van der Waals surface area contributed by atoms with E-state index in [0.717, 1.165) is 147 Å². The molecule has 0 saturated carbocycles. The highest BCUT2D eigenvalue weighted by molar-refractivity contribution is 7.49. The summed E-state index contributed by atoms with van der Waals surface area (Å²) in [6.45, 7) is 8.84. The molecule has 1 heterocycles. The zero-order valence-corrected chi connectivity index (χ0v) is 71.2. The van der Waals surface area contributed by atoms with Gasteiger partial charge in [0.05, 0.1) is 38.7 Å². The zero-order valence-electron chi connectivity index (χ0n) is 65.7. The number of esters is 3. The van der Waals surface area contributed by atoms with Gasteiger partial charge in [0.25, 0.3) is 0 Å². The van der Waals surface area contributed by atoms with E-state index in [1.165, 1.54) is 63.8 Å². The molecular formula is C82H125Cl6N2O19P. The second-order valence-corrected chi connectivity index (χ2v) is 35.1. The number of nitrogens with one attached hydrogen (secondary N) is 2. The molecule has 1 fully saturated rings. The molecule has 8 atom stereocenters. The van der Waals surface area contributed by atoms with E-state index in [4.69, 9.17) is 126 Å². The van der Waals surface area contributed by atoms with Crippen molar-refractivity contribution in [1.29, 1.82) is 0 Å². The summed E-state index contributed by atoms with van der Waals surface area (Å²) in [6, 6.07) is 22.0. The number of carbonyl (C=O) groups excluding carboxylic acids is 6. The van der Waals surface area contributed by atoms with E-state index >= 15 is 9.36 Å². The predicted molar refractivity (Wildman–Crippen MR) is 433 cm³/mol. The Labute approximate surface area is 685 Å². The minimum absolute atomic E-state index is 0.0284. The molecule has 0 aromatic heterocycles. The molecule has 0 aliphatic carbocycles. The normalized spacial score (nSPS) is 16.9. The van der Waals surface area contributed by atoms with E-state index in [0.29, 0.717) is 32.1 Å². The molecule has 624 valence electrons. The minimum Gasteiger partial charge on any atom is -0.462 e. The van der Waals surface area contributed by atoms with Crippen molar-refractivity contribution in [3.63, 3.8) is 0 Å². The van der Waals surface area contributed by atoms with Gasteiger partial charge in [0, 0.05) is 12.8 Å². The number of alkyl halides is 6. The highest BCUT2D eigenvalue weighted by Crippen LogP contribution is 2.53. The van der Waals surface area contributed by atoms with Gasteiger partial charge in [-0.15, -0.1) is 0 Å². The molecule has 1 aliphatic rings. The summed E-state index contributed by atoms with van der Waals surface area (Å²) < 4.78 is 85.8. The molecule has 0 unspecified atom stereocenters. The summed E-state index contributed by atoms with van der Waals surface area (Å²) in [5, 5.41) is 5.67. The number of carbonyl (C=O) groups is 6. The summed E-state index contributed by atoms with van der Waals surface area (Å²) >= 11 is 37.3. The van der Waals surface area contributed by atoms with Crippen LogP contribution in [0.2, 0.25) is 0 Å². The fourth-order valence-corrected chi connectivity index (χ4v) is 14.0. The van der Waals surface area contributed by atoms with Crippen LogP contribution in [0.25, 0.3) is 0 Å². The Balaban J connectivity index is 1.92. The average molecular weight is 1690 g/mol. The Bertz CT molecular complexity index is 2990. The molecule has 110 heavy (non-hydrogen) atoms. The van der Waals surface area contributed by atoms with Crippen LogP contribution in [-0.4, -0.2) is 125 Å². The Hall–Kier alpha value is -4.51. The molecule has 2 N–H and O–H groups in total. The maximum atomic E-state index is 15.9.